The van der Waals surface area contributed by atoms with E-state index in [0.29, 0.717) is 0 Å². The van der Waals surface area contributed by atoms with Gasteiger partial charge in [-0.2, -0.15) is 0 Å². The molecule has 0 saturated heterocycles. The van der Waals surface area contributed by atoms with E-state index in [1.165, 1.54) is 13.1 Å². The Morgan fingerprint density at radius 1 is 1.59 bits per heavy atom. The highest BCUT2D eigenvalue weighted by atomic mass is 16.6. The van der Waals surface area contributed by atoms with Crippen molar-refractivity contribution in [2.24, 2.45) is 5.73 Å². The highest BCUT2D eigenvalue weighted by molar-refractivity contribution is 5.59. The van der Waals surface area contributed by atoms with E-state index in [0.717, 1.165) is 0 Å². The Labute approximate surface area is 97.0 Å². The van der Waals surface area contributed by atoms with E-state index in [9.17, 15) is 20.3 Å². The molecule has 17 heavy (non-hydrogen) atoms. The van der Waals surface area contributed by atoms with Crippen LogP contribution in [-0.2, 0) is 0 Å². The Bertz CT molecular complexity index is 437. The van der Waals surface area contributed by atoms with Crippen molar-refractivity contribution < 1.29 is 15.1 Å². The molecule has 1 aromatic heterocycles. The second-order valence-corrected chi connectivity index (χ2v) is 3.58. The second kappa shape index (κ2) is 5.04. The zero-order valence-corrected chi connectivity index (χ0v) is 9.20. The fraction of sp³-hybridized carbons (Fsp3) is 0.444. The van der Waals surface area contributed by atoms with Gasteiger partial charge in [-0.15, -0.1) is 0 Å². The van der Waals surface area contributed by atoms with Crippen molar-refractivity contribution in [1.29, 1.82) is 0 Å². The zero-order valence-electron chi connectivity index (χ0n) is 9.20. The molecule has 0 aliphatic rings. The summed E-state index contributed by atoms with van der Waals surface area (Å²) < 4.78 is 0. The first-order chi connectivity index (χ1) is 7.90. The smallest absolute Gasteiger partial charge is 0.314 e. The molecular weight excluding hydrogens is 228 g/mol. The van der Waals surface area contributed by atoms with Crippen LogP contribution in [0.25, 0.3) is 0 Å². The topological polar surface area (TPSA) is 149 Å². The summed E-state index contributed by atoms with van der Waals surface area (Å²) in [7, 11) is 0. The van der Waals surface area contributed by atoms with E-state index >= 15 is 0 Å². The molecule has 94 valence electrons. The Balaban J connectivity index is 3.28. The molecule has 0 saturated carbocycles. The second-order valence-electron chi connectivity index (χ2n) is 3.58. The van der Waals surface area contributed by atoms with Gasteiger partial charge in [0.25, 0.3) is 0 Å². The van der Waals surface area contributed by atoms with Gasteiger partial charge in [0.05, 0.1) is 11.0 Å². The minimum absolute atomic E-state index is 0.142. The van der Waals surface area contributed by atoms with E-state index in [2.05, 4.69) is 4.98 Å². The van der Waals surface area contributed by atoms with Crippen LogP contribution in [0.4, 0.5) is 11.5 Å². The van der Waals surface area contributed by atoms with Gasteiger partial charge in [0, 0.05) is 23.9 Å². The third-order valence-electron chi connectivity index (χ3n) is 2.48. The van der Waals surface area contributed by atoms with Gasteiger partial charge in [-0.05, 0) is 6.92 Å². The number of nitrogens with two attached hydrogens (primary N) is 2. The van der Waals surface area contributed by atoms with E-state index in [1.807, 2.05) is 0 Å². The van der Waals surface area contributed by atoms with Crippen LogP contribution in [0.2, 0.25) is 0 Å². The molecule has 2 atom stereocenters. The normalized spacial score (nSPS) is 14.4. The molecule has 0 radical (unpaired) electrons. The fourth-order valence-corrected chi connectivity index (χ4v) is 1.49. The van der Waals surface area contributed by atoms with Gasteiger partial charge in [0.15, 0.2) is 0 Å². The van der Waals surface area contributed by atoms with Crippen LogP contribution in [0.5, 0.6) is 0 Å². The number of hydrogen-bond donors (Lipinski definition) is 4. The van der Waals surface area contributed by atoms with Gasteiger partial charge < -0.3 is 21.7 Å². The molecular formula is C9H14N4O4. The Kier molecular flexibility index (Phi) is 3.94. The number of nitrogens with zero attached hydrogens (tertiary/aromatic N) is 2. The number of rotatable bonds is 4. The number of pyridine rings is 1. The van der Waals surface area contributed by atoms with E-state index in [-0.39, 0.29) is 29.2 Å². The number of nitrogen functional groups attached to an aromatic ring is 1. The van der Waals surface area contributed by atoms with Gasteiger partial charge in [-0.25, -0.2) is 4.98 Å². The first-order valence-electron chi connectivity index (χ1n) is 4.85. The molecule has 8 nitrogen and oxygen atoms in total. The minimum Gasteiger partial charge on any atom is -0.389 e. The predicted molar refractivity (Wildman–Crippen MR) is 60.1 cm³/mol. The summed E-state index contributed by atoms with van der Waals surface area (Å²) in [5.74, 6) is -0.231. The van der Waals surface area contributed by atoms with Crippen LogP contribution in [0.15, 0.2) is 6.20 Å². The Hall–Kier alpha value is -1.77. The predicted octanol–water partition coefficient (Wildman–Crippen LogP) is -0.767. The van der Waals surface area contributed by atoms with Gasteiger partial charge in [0.1, 0.15) is 6.10 Å². The van der Waals surface area contributed by atoms with Crippen LogP contribution in [-0.4, -0.2) is 32.8 Å². The minimum atomic E-state index is -1.33. The lowest BCUT2D eigenvalue weighted by Crippen LogP contribution is -2.28. The van der Waals surface area contributed by atoms with Gasteiger partial charge >= 0.3 is 5.69 Å². The molecule has 2 unspecified atom stereocenters. The van der Waals surface area contributed by atoms with Crippen molar-refractivity contribution in [3.8, 4) is 0 Å². The summed E-state index contributed by atoms with van der Waals surface area (Å²) in [6.45, 7) is 1.26. The molecule has 8 heteroatoms. The molecule has 1 heterocycles. The van der Waals surface area contributed by atoms with E-state index in [1.54, 1.807) is 0 Å². The lowest BCUT2D eigenvalue weighted by molar-refractivity contribution is -0.384. The summed E-state index contributed by atoms with van der Waals surface area (Å²) in [6, 6.07) is 0. The molecule has 0 fully saturated rings. The molecule has 0 amide bonds. The van der Waals surface area contributed by atoms with Crippen molar-refractivity contribution >= 4 is 11.5 Å². The summed E-state index contributed by atoms with van der Waals surface area (Å²) in [5, 5.41) is 29.9. The van der Waals surface area contributed by atoms with Gasteiger partial charge in [0.2, 0.25) is 5.82 Å². The highest BCUT2D eigenvalue weighted by Gasteiger charge is 2.26. The van der Waals surface area contributed by atoms with Crippen LogP contribution in [0.1, 0.15) is 17.2 Å². The van der Waals surface area contributed by atoms with Crippen molar-refractivity contribution in [1.82, 2.24) is 4.98 Å². The van der Waals surface area contributed by atoms with Crippen molar-refractivity contribution in [2.45, 2.75) is 19.1 Å². The largest absolute Gasteiger partial charge is 0.389 e. The maximum absolute atomic E-state index is 10.8. The molecule has 1 rings (SSSR count). The van der Waals surface area contributed by atoms with Crippen LogP contribution in [0, 0.1) is 17.0 Å². The molecule has 6 N–H and O–H groups in total. The van der Waals surface area contributed by atoms with E-state index < -0.39 is 17.1 Å². The maximum Gasteiger partial charge on any atom is 0.314 e. The number of aliphatic hydroxyl groups excluding tert-OH is 2. The third kappa shape index (κ3) is 2.49. The average molecular weight is 242 g/mol. The summed E-state index contributed by atoms with van der Waals surface area (Å²) in [4.78, 5) is 13.7. The average Bonchev–Trinajstić information content (AvgIpc) is 2.27. The van der Waals surface area contributed by atoms with Crippen LogP contribution >= 0.6 is 0 Å². The Morgan fingerprint density at radius 3 is 2.65 bits per heavy atom. The standard InChI is InChI=1S/C9H14N4O4/c1-4-5(8(15)6(14)2-10)3-12-9(11)7(4)13(16)17/h3,6,8,14-15H,2,10H2,1H3,(H2,11,12). The number of anilines is 1. The molecule has 0 aromatic carbocycles. The maximum atomic E-state index is 10.8. The Morgan fingerprint density at radius 2 is 2.18 bits per heavy atom. The highest BCUT2D eigenvalue weighted by Crippen LogP contribution is 2.30. The van der Waals surface area contributed by atoms with Crippen LogP contribution in [0.3, 0.4) is 0 Å². The van der Waals surface area contributed by atoms with Crippen molar-refractivity contribution in [2.75, 3.05) is 12.3 Å². The number of nitro groups is 1. The monoisotopic (exact) mass is 242 g/mol. The van der Waals surface area contributed by atoms with Gasteiger partial charge in [-0.1, -0.05) is 0 Å². The number of hydrogen-bond acceptors (Lipinski definition) is 7. The molecule has 0 aliphatic carbocycles. The first-order valence-corrected chi connectivity index (χ1v) is 4.85. The quantitative estimate of drug-likeness (QED) is 0.400. The molecule has 0 bridgehead atoms. The number of aliphatic hydroxyl groups is 2. The third-order valence-corrected chi connectivity index (χ3v) is 2.48. The summed E-state index contributed by atoms with van der Waals surface area (Å²) in [5.41, 5.74) is 10.5. The molecule has 0 spiro atoms. The number of aromatic nitrogens is 1. The van der Waals surface area contributed by atoms with Crippen molar-refractivity contribution in [3.63, 3.8) is 0 Å². The summed E-state index contributed by atoms with van der Waals surface area (Å²) >= 11 is 0. The van der Waals surface area contributed by atoms with Crippen molar-refractivity contribution in [3.05, 3.63) is 27.4 Å². The fourth-order valence-electron chi connectivity index (χ4n) is 1.49. The SMILES string of the molecule is Cc1c(C(O)C(O)CN)cnc(N)c1[N+](=O)[O-]. The lowest BCUT2D eigenvalue weighted by Gasteiger charge is -2.18. The van der Waals surface area contributed by atoms with E-state index in [4.69, 9.17) is 11.5 Å². The summed E-state index contributed by atoms with van der Waals surface area (Å²) in [6.07, 6.45) is -1.34. The first kappa shape index (κ1) is 13.3. The molecule has 0 aliphatic heterocycles. The van der Waals surface area contributed by atoms with Gasteiger partial charge in [-0.3, -0.25) is 10.1 Å². The zero-order chi connectivity index (χ0) is 13.2. The molecule has 1 aromatic rings. The lowest BCUT2D eigenvalue weighted by atomic mass is 10.0. The van der Waals surface area contributed by atoms with Crippen LogP contribution < -0.4 is 11.5 Å².